The summed E-state index contributed by atoms with van der Waals surface area (Å²) in [5.41, 5.74) is 5.73. The van der Waals surface area contributed by atoms with E-state index in [9.17, 15) is 4.79 Å². The fourth-order valence-electron chi connectivity index (χ4n) is 1.26. The van der Waals surface area contributed by atoms with Crippen LogP contribution < -0.4 is 5.73 Å². The van der Waals surface area contributed by atoms with Crippen LogP contribution in [0.15, 0.2) is 21.1 Å². The lowest BCUT2D eigenvalue weighted by atomic mass is 10.4. The Labute approximate surface area is 119 Å². The largest absolute Gasteiger partial charge is 0.481 e. The molecule has 0 aliphatic heterocycles. The van der Waals surface area contributed by atoms with E-state index in [4.69, 9.17) is 10.8 Å². The zero-order valence-corrected chi connectivity index (χ0v) is 12.3. The van der Waals surface area contributed by atoms with Crippen molar-refractivity contribution in [2.45, 2.75) is 11.7 Å². The quantitative estimate of drug-likeness (QED) is 0.801. The summed E-state index contributed by atoms with van der Waals surface area (Å²) in [4.78, 5) is 11.6. The normalized spacial score (nSPS) is 10.7. The van der Waals surface area contributed by atoms with E-state index in [0.29, 0.717) is 11.7 Å². The molecule has 96 valence electrons. The topological polar surface area (TPSA) is 94.0 Å². The monoisotopic (exact) mass is 348 g/mol. The number of nitrogens with two attached hydrogens (primary N) is 1. The van der Waals surface area contributed by atoms with Gasteiger partial charge in [-0.3, -0.25) is 9.36 Å². The fraction of sp³-hybridized carbons (Fsp3) is 0.222. The van der Waals surface area contributed by atoms with Gasteiger partial charge in [-0.2, -0.15) is 0 Å². The Morgan fingerprint density at radius 2 is 2.39 bits per heavy atom. The van der Waals surface area contributed by atoms with Gasteiger partial charge in [0.05, 0.1) is 12.3 Å². The molecule has 0 amide bonds. The minimum Gasteiger partial charge on any atom is -0.481 e. The molecule has 0 atom stereocenters. The second kappa shape index (κ2) is 5.72. The van der Waals surface area contributed by atoms with E-state index in [2.05, 4.69) is 26.1 Å². The first kappa shape index (κ1) is 13.4. The second-order valence-electron chi connectivity index (χ2n) is 3.30. The molecule has 9 heteroatoms. The van der Waals surface area contributed by atoms with Crippen molar-refractivity contribution in [2.24, 2.45) is 0 Å². The van der Waals surface area contributed by atoms with Crippen molar-refractivity contribution in [3.05, 3.63) is 20.8 Å². The third-order valence-corrected chi connectivity index (χ3v) is 4.93. The molecule has 0 aliphatic rings. The molecule has 0 bridgehead atoms. The van der Waals surface area contributed by atoms with Crippen LogP contribution in [0.25, 0.3) is 0 Å². The molecule has 3 N–H and O–H groups in total. The maximum absolute atomic E-state index is 10.5. The van der Waals surface area contributed by atoms with Crippen LogP contribution in [-0.2, 0) is 11.3 Å². The van der Waals surface area contributed by atoms with Gasteiger partial charge in [-0.15, -0.1) is 21.5 Å². The van der Waals surface area contributed by atoms with Crippen molar-refractivity contribution in [3.8, 4) is 0 Å². The average Bonchev–Trinajstić information content (AvgIpc) is 2.86. The number of nitrogens with zero attached hydrogens (tertiary/aromatic N) is 3. The van der Waals surface area contributed by atoms with E-state index in [1.807, 2.05) is 11.4 Å². The molecule has 2 aromatic rings. The van der Waals surface area contributed by atoms with Crippen LogP contribution in [0.2, 0.25) is 0 Å². The predicted molar refractivity (Wildman–Crippen MR) is 73.9 cm³/mol. The molecule has 0 radical (unpaired) electrons. The summed E-state index contributed by atoms with van der Waals surface area (Å²) < 4.78 is 2.69. The number of rotatable bonds is 5. The summed E-state index contributed by atoms with van der Waals surface area (Å²) in [6.45, 7) is 0.527. The minimum atomic E-state index is -0.898. The van der Waals surface area contributed by atoms with Crippen LogP contribution >= 0.6 is 39.0 Å². The lowest BCUT2D eigenvalue weighted by molar-refractivity contribution is -0.133. The number of nitrogen functional groups attached to an aromatic ring is 1. The number of carboxylic acids is 1. The van der Waals surface area contributed by atoms with Gasteiger partial charge in [0.25, 0.3) is 0 Å². The first-order valence-electron chi connectivity index (χ1n) is 4.83. The van der Waals surface area contributed by atoms with Crippen molar-refractivity contribution in [3.63, 3.8) is 0 Å². The van der Waals surface area contributed by atoms with Gasteiger partial charge in [0.1, 0.15) is 0 Å². The molecule has 2 heterocycles. The highest BCUT2D eigenvalue weighted by Gasteiger charge is 2.13. The number of aliphatic carboxylic acids is 1. The molecular formula is C9H9BrN4O2S2. The number of aromatic nitrogens is 3. The van der Waals surface area contributed by atoms with Gasteiger partial charge < -0.3 is 10.8 Å². The first-order chi connectivity index (χ1) is 8.58. The predicted octanol–water partition coefficient (Wildman–Crippen LogP) is 1.91. The molecule has 0 spiro atoms. The molecule has 0 aliphatic carbocycles. The smallest absolute Gasteiger partial charge is 0.313 e. The van der Waals surface area contributed by atoms with Crippen LogP contribution in [-0.4, -0.2) is 31.6 Å². The molecule has 0 fully saturated rings. The van der Waals surface area contributed by atoms with Crippen LogP contribution in [0.5, 0.6) is 0 Å². The Balaban J connectivity index is 2.19. The Morgan fingerprint density at radius 1 is 1.61 bits per heavy atom. The van der Waals surface area contributed by atoms with Crippen molar-refractivity contribution in [1.29, 1.82) is 0 Å². The number of thioether (sulfide) groups is 1. The lowest BCUT2D eigenvalue weighted by Crippen LogP contribution is -2.07. The Hall–Kier alpha value is -1.06. The molecule has 0 saturated heterocycles. The fourth-order valence-corrected chi connectivity index (χ4v) is 3.39. The Kier molecular flexibility index (Phi) is 4.25. The molecule has 2 rings (SSSR count). The maximum atomic E-state index is 10.5. The zero-order valence-electron chi connectivity index (χ0n) is 9.04. The van der Waals surface area contributed by atoms with Gasteiger partial charge in [0.15, 0.2) is 5.16 Å². The highest BCUT2D eigenvalue weighted by molar-refractivity contribution is 9.10. The summed E-state index contributed by atoms with van der Waals surface area (Å²) in [6, 6.07) is 1.95. The highest BCUT2D eigenvalue weighted by Crippen LogP contribution is 2.26. The SMILES string of the molecule is Nc1nnc(SCC(=O)O)n1Cc1sccc1Br. The van der Waals surface area contributed by atoms with Crippen LogP contribution in [0.3, 0.4) is 0 Å². The van der Waals surface area contributed by atoms with E-state index in [1.54, 1.807) is 15.9 Å². The van der Waals surface area contributed by atoms with Crippen molar-refractivity contribution >= 4 is 50.9 Å². The lowest BCUT2D eigenvalue weighted by Gasteiger charge is -2.06. The molecule has 2 aromatic heterocycles. The Morgan fingerprint density at radius 3 is 3.00 bits per heavy atom. The molecule has 6 nitrogen and oxygen atoms in total. The van der Waals surface area contributed by atoms with E-state index in [1.165, 1.54) is 0 Å². The standard InChI is InChI=1S/C9H9BrN4O2S2/c10-5-1-2-17-6(5)3-14-8(11)12-13-9(14)18-4-7(15)16/h1-2H,3-4H2,(H2,11,12)(H,15,16). The third kappa shape index (κ3) is 3.03. The van der Waals surface area contributed by atoms with Gasteiger partial charge in [0, 0.05) is 9.35 Å². The third-order valence-electron chi connectivity index (χ3n) is 2.06. The summed E-state index contributed by atoms with van der Waals surface area (Å²) in [5.74, 6) is -0.683. The van der Waals surface area contributed by atoms with Crippen LogP contribution in [0.1, 0.15) is 4.88 Å². The van der Waals surface area contributed by atoms with Crippen LogP contribution in [0, 0.1) is 0 Å². The number of carbonyl (C=O) groups is 1. The number of anilines is 1. The van der Waals surface area contributed by atoms with Gasteiger partial charge in [-0.05, 0) is 27.4 Å². The van der Waals surface area contributed by atoms with Crippen molar-refractivity contribution in [1.82, 2.24) is 14.8 Å². The Bertz CT molecular complexity index is 569. The van der Waals surface area contributed by atoms with Gasteiger partial charge >= 0.3 is 5.97 Å². The van der Waals surface area contributed by atoms with E-state index in [-0.39, 0.29) is 11.7 Å². The van der Waals surface area contributed by atoms with Gasteiger partial charge in [0.2, 0.25) is 5.95 Å². The first-order valence-corrected chi connectivity index (χ1v) is 7.49. The zero-order chi connectivity index (χ0) is 13.1. The van der Waals surface area contributed by atoms with Crippen molar-refractivity contribution in [2.75, 3.05) is 11.5 Å². The average molecular weight is 349 g/mol. The van der Waals surface area contributed by atoms with E-state index in [0.717, 1.165) is 21.1 Å². The molecule has 0 saturated carbocycles. The summed E-state index contributed by atoms with van der Waals surface area (Å²) >= 11 is 6.13. The summed E-state index contributed by atoms with van der Waals surface area (Å²) in [6.07, 6.45) is 0. The highest BCUT2D eigenvalue weighted by atomic mass is 79.9. The summed E-state index contributed by atoms with van der Waals surface area (Å²) in [5, 5.41) is 18.8. The van der Waals surface area contributed by atoms with Crippen molar-refractivity contribution < 1.29 is 9.90 Å². The summed E-state index contributed by atoms with van der Waals surface area (Å²) in [7, 11) is 0. The number of hydrogen-bond acceptors (Lipinski definition) is 6. The van der Waals surface area contributed by atoms with Gasteiger partial charge in [-0.1, -0.05) is 11.8 Å². The number of halogens is 1. The molecular weight excluding hydrogens is 340 g/mol. The molecule has 0 unspecified atom stereocenters. The maximum Gasteiger partial charge on any atom is 0.313 e. The van der Waals surface area contributed by atoms with Crippen LogP contribution in [0.4, 0.5) is 5.95 Å². The number of thiophene rings is 1. The molecule has 0 aromatic carbocycles. The minimum absolute atomic E-state index is 0.0657. The number of hydrogen-bond donors (Lipinski definition) is 2. The van der Waals surface area contributed by atoms with E-state index < -0.39 is 5.97 Å². The van der Waals surface area contributed by atoms with E-state index >= 15 is 0 Å². The number of carboxylic acid groups (broad SMARTS) is 1. The molecule has 18 heavy (non-hydrogen) atoms. The van der Waals surface area contributed by atoms with Gasteiger partial charge in [-0.25, -0.2) is 0 Å². The second-order valence-corrected chi connectivity index (χ2v) is 6.10.